The van der Waals surface area contributed by atoms with Crippen molar-refractivity contribution < 1.29 is 9.53 Å². The van der Waals surface area contributed by atoms with Crippen molar-refractivity contribution in [2.75, 3.05) is 5.32 Å². The van der Waals surface area contributed by atoms with E-state index in [-0.39, 0.29) is 5.91 Å². The van der Waals surface area contributed by atoms with E-state index in [1.54, 1.807) is 0 Å². The highest BCUT2D eigenvalue weighted by Gasteiger charge is 2.21. The minimum absolute atomic E-state index is 0.0950. The first-order valence-electron chi connectivity index (χ1n) is 8.59. The van der Waals surface area contributed by atoms with E-state index in [9.17, 15) is 4.79 Å². The first kappa shape index (κ1) is 18.1. The highest BCUT2D eigenvalue weighted by atomic mass is 16.5. The summed E-state index contributed by atoms with van der Waals surface area (Å²) in [6.07, 6.45) is 0.994. The van der Waals surface area contributed by atoms with Crippen LogP contribution in [-0.2, 0) is 11.2 Å². The molecule has 0 aliphatic heterocycles. The lowest BCUT2D eigenvalue weighted by Gasteiger charge is -2.20. The van der Waals surface area contributed by atoms with E-state index >= 15 is 0 Å². The lowest BCUT2D eigenvalue weighted by Crippen LogP contribution is -2.33. The molecular formula is C21H27NO2. The van der Waals surface area contributed by atoms with E-state index in [0.717, 1.165) is 40.1 Å². The van der Waals surface area contributed by atoms with Gasteiger partial charge in [-0.2, -0.15) is 0 Å². The molecule has 0 aliphatic rings. The topological polar surface area (TPSA) is 38.3 Å². The summed E-state index contributed by atoms with van der Waals surface area (Å²) >= 11 is 0. The molecule has 0 unspecified atom stereocenters. The van der Waals surface area contributed by atoms with Crippen LogP contribution in [0.25, 0.3) is 0 Å². The number of ether oxygens (including phenoxy) is 1. The molecule has 0 aliphatic carbocycles. The lowest BCUT2D eigenvalue weighted by molar-refractivity contribution is -0.122. The van der Waals surface area contributed by atoms with Crippen LogP contribution in [-0.4, -0.2) is 12.0 Å². The molecule has 128 valence electrons. The Balaban J connectivity index is 2.19. The van der Waals surface area contributed by atoms with E-state index in [0.29, 0.717) is 6.42 Å². The Hall–Kier alpha value is -2.29. The number of aryl methyl sites for hydroxylation is 4. The Kier molecular flexibility index (Phi) is 6.02. The third-order valence-electron chi connectivity index (χ3n) is 4.26. The van der Waals surface area contributed by atoms with E-state index in [4.69, 9.17) is 4.74 Å². The van der Waals surface area contributed by atoms with Gasteiger partial charge in [-0.3, -0.25) is 4.79 Å². The second-order valence-corrected chi connectivity index (χ2v) is 6.24. The number of carbonyl (C=O) groups is 1. The van der Waals surface area contributed by atoms with Crippen LogP contribution in [0.5, 0.6) is 5.75 Å². The number of anilines is 1. The Bertz CT molecular complexity index is 722. The minimum Gasteiger partial charge on any atom is -0.480 e. The largest absolute Gasteiger partial charge is 0.480 e. The molecule has 0 saturated heterocycles. The smallest absolute Gasteiger partial charge is 0.265 e. The van der Waals surface area contributed by atoms with Crippen molar-refractivity contribution in [1.82, 2.24) is 0 Å². The third-order valence-corrected chi connectivity index (χ3v) is 4.26. The van der Waals surface area contributed by atoms with Gasteiger partial charge in [0.25, 0.3) is 5.91 Å². The Morgan fingerprint density at radius 1 is 1.08 bits per heavy atom. The first-order valence-corrected chi connectivity index (χ1v) is 8.59. The fraction of sp³-hybridized carbons (Fsp3) is 0.381. The van der Waals surface area contributed by atoms with Crippen LogP contribution >= 0.6 is 0 Å². The molecule has 2 aromatic rings. The number of hydrogen-bond acceptors (Lipinski definition) is 2. The van der Waals surface area contributed by atoms with Crippen LogP contribution < -0.4 is 10.1 Å². The Labute approximate surface area is 145 Å². The number of nitrogens with one attached hydrogen (secondary N) is 1. The van der Waals surface area contributed by atoms with Gasteiger partial charge in [0.1, 0.15) is 5.75 Å². The molecule has 0 bridgehead atoms. The third kappa shape index (κ3) is 4.16. The van der Waals surface area contributed by atoms with E-state index in [2.05, 4.69) is 18.3 Å². The average molecular weight is 325 g/mol. The molecule has 0 radical (unpaired) electrons. The van der Waals surface area contributed by atoms with Gasteiger partial charge in [-0.05, 0) is 61.9 Å². The molecule has 2 aromatic carbocycles. The average Bonchev–Trinajstić information content (AvgIpc) is 2.57. The summed E-state index contributed by atoms with van der Waals surface area (Å²) in [5, 5.41) is 3.07. The number of rotatable bonds is 6. The second kappa shape index (κ2) is 8.00. The summed E-state index contributed by atoms with van der Waals surface area (Å²) in [4.78, 5) is 12.7. The molecule has 0 spiro atoms. The number of amides is 1. The molecule has 1 N–H and O–H groups in total. The molecule has 3 nitrogen and oxygen atoms in total. The molecule has 0 aromatic heterocycles. The number of benzene rings is 2. The molecule has 24 heavy (non-hydrogen) atoms. The lowest BCUT2D eigenvalue weighted by atomic mass is 10.1. The molecular weight excluding hydrogens is 298 g/mol. The predicted molar refractivity (Wildman–Crippen MR) is 99.8 cm³/mol. The molecule has 1 atom stereocenters. The van der Waals surface area contributed by atoms with Crippen LogP contribution in [0.3, 0.4) is 0 Å². The van der Waals surface area contributed by atoms with Crippen LogP contribution in [0.15, 0.2) is 36.4 Å². The minimum atomic E-state index is -0.505. The van der Waals surface area contributed by atoms with Gasteiger partial charge in [0.2, 0.25) is 0 Å². The van der Waals surface area contributed by atoms with Crippen molar-refractivity contribution in [2.24, 2.45) is 0 Å². The molecule has 3 heteroatoms. The van der Waals surface area contributed by atoms with Gasteiger partial charge in [0.15, 0.2) is 6.10 Å². The summed E-state index contributed by atoms with van der Waals surface area (Å²) in [5.41, 5.74) is 5.29. The molecule has 2 rings (SSSR count). The zero-order valence-electron chi connectivity index (χ0n) is 15.3. The highest BCUT2D eigenvalue weighted by Crippen LogP contribution is 2.24. The number of hydrogen-bond donors (Lipinski definition) is 1. The molecule has 1 amide bonds. The quantitative estimate of drug-likeness (QED) is 0.814. The van der Waals surface area contributed by atoms with Crippen molar-refractivity contribution in [1.29, 1.82) is 0 Å². The van der Waals surface area contributed by atoms with Crippen LogP contribution in [0.2, 0.25) is 0 Å². The van der Waals surface area contributed by atoms with Crippen molar-refractivity contribution in [3.05, 3.63) is 58.7 Å². The SMILES string of the molecule is CCc1cccc(C)c1NC(=O)[C@@H](CC)Oc1cc(C)ccc1C. The Morgan fingerprint density at radius 2 is 1.83 bits per heavy atom. The van der Waals surface area contributed by atoms with Gasteiger partial charge in [0, 0.05) is 5.69 Å². The maximum absolute atomic E-state index is 12.7. The first-order chi connectivity index (χ1) is 11.5. The van der Waals surface area contributed by atoms with Crippen molar-refractivity contribution in [3.63, 3.8) is 0 Å². The van der Waals surface area contributed by atoms with Crippen LogP contribution in [0.1, 0.15) is 42.5 Å². The summed E-state index contributed by atoms with van der Waals surface area (Å²) in [6, 6.07) is 12.1. The summed E-state index contributed by atoms with van der Waals surface area (Å²) in [5.74, 6) is 0.680. The van der Waals surface area contributed by atoms with Crippen molar-refractivity contribution in [3.8, 4) is 5.75 Å². The van der Waals surface area contributed by atoms with Gasteiger partial charge in [0.05, 0.1) is 0 Å². The molecule has 0 fully saturated rings. The van der Waals surface area contributed by atoms with Gasteiger partial charge in [-0.25, -0.2) is 0 Å². The monoisotopic (exact) mass is 325 g/mol. The number of carbonyl (C=O) groups excluding carboxylic acids is 1. The van der Waals surface area contributed by atoms with Gasteiger partial charge < -0.3 is 10.1 Å². The summed E-state index contributed by atoms with van der Waals surface area (Å²) < 4.78 is 6.01. The van der Waals surface area contributed by atoms with Crippen LogP contribution in [0.4, 0.5) is 5.69 Å². The van der Waals surface area contributed by atoms with Gasteiger partial charge >= 0.3 is 0 Å². The zero-order valence-corrected chi connectivity index (χ0v) is 15.3. The Morgan fingerprint density at radius 3 is 2.50 bits per heavy atom. The van der Waals surface area contributed by atoms with Gasteiger partial charge in [-0.1, -0.05) is 44.2 Å². The normalized spacial score (nSPS) is 11.9. The highest BCUT2D eigenvalue weighted by molar-refractivity contribution is 5.95. The fourth-order valence-corrected chi connectivity index (χ4v) is 2.72. The van der Waals surface area contributed by atoms with Crippen molar-refractivity contribution >= 4 is 11.6 Å². The standard InChI is InChI=1S/C21H27NO2/c1-6-17-10-8-9-16(5)20(17)22-21(23)18(7-2)24-19-13-14(3)11-12-15(19)4/h8-13,18H,6-7H2,1-5H3,(H,22,23)/t18-/m1/s1. The zero-order chi connectivity index (χ0) is 17.7. The van der Waals surface area contributed by atoms with E-state index < -0.39 is 6.10 Å². The van der Waals surface area contributed by atoms with E-state index in [1.807, 2.05) is 58.0 Å². The molecule has 0 saturated carbocycles. The number of para-hydroxylation sites is 1. The second-order valence-electron chi connectivity index (χ2n) is 6.24. The van der Waals surface area contributed by atoms with Crippen LogP contribution in [0, 0.1) is 20.8 Å². The van der Waals surface area contributed by atoms with Gasteiger partial charge in [-0.15, -0.1) is 0 Å². The fourth-order valence-electron chi connectivity index (χ4n) is 2.72. The van der Waals surface area contributed by atoms with Crippen molar-refractivity contribution in [2.45, 2.75) is 53.6 Å². The predicted octanol–water partition coefficient (Wildman–Crippen LogP) is 4.97. The maximum atomic E-state index is 12.7. The maximum Gasteiger partial charge on any atom is 0.265 e. The van der Waals surface area contributed by atoms with E-state index in [1.165, 1.54) is 0 Å². The molecule has 0 heterocycles. The summed E-state index contributed by atoms with van der Waals surface area (Å²) in [6.45, 7) is 10.1. The summed E-state index contributed by atoms with van der Waals surface area (Å²) in [7, 11) is 0.